The predicted molar refractivity (Wildman–Crippen MR) is 35.3 cm³/mol. The predicted octanol–water partition coefficient (Wildman–Crippen LogP) is -1.91. The Morgan fingerprint density at radius 3 is 1.55 bits per heavy atom. The molecule has 0 aromatic rings. The van der Waals surface area contributed by atoms with Crippen LogP contribution in [0.5, 0.6) is 0 Å². The topological polar surface area (TPSA) is 86.6 Å². The van der Waals surface area contributed by atoms with Crippen molar-refractivity contribution >= 4 is 41.5 Å². The molecular formula is C4H8NNaNiO4. The molecule has 0 fully saturated rings. The summed E-state index contributed by atoms with van der Waals surface area (Å²) in [6.45, 7) is -0.626. The summed E-state index contributed by atoms with van der Waals surface area (Å²) in [5.74, 6) is -2.12. The monoisotopic (exact) mass is 215 g/mol. The van der Waals surface area contributed by atoms with E-state index in [-0.39, 0.29) is 59.1 Å². The second-order valence-electron chi connectivity index (χ2n) is 1.39. The van der Waals surface area contributed by atoms with Crippen LogP contribution in [0.2, 0.25) is 0 Å². The molecule has 0 rings (SSSR count). The van der Waals surface area contributed by atoms with Gasteiger partial charge in [0.1, 0.15) is 0 Å². The summed E-state index contributed by atoms with van der Waals surface area (Å²) < 4.78 is 0. The number of rotatable bonds is 4. The molecule has 0 aliphatic heterocycles. The van der Waals surface area contributed by atoms with Gasteiger partial charge in [0.15, 0.2) is 0 Å². The van der Waals surface area contributed by atoms with Gasteiger partial charge in [0.25, 0.3) is 0 Å². The molecule has 0 aliphatic rings. The fourth-order valence-electron chi connectivity index (χ4n) is 0.276. The average molecular weight is 216 g/mol. The van der Waals surface area contributed by atoms with E-state index in [1.54, 1.807) is 0 Å². The van der Waals surface area contributed by atoms with Crippen LogP contribution in [-0.4, -0.2) is 64.8 Å². The number of carboxylic acid groups (broad SMARTS) is 2. The van der Waals surface area contributed by atoms with Gasteiger partial charge >= 0.3 is 41.5 Å². The third-order valence-corrected chi connectivity index (χ3v) is 0.552. The molecule has 11 heavy (non-hydrogen) atoms. The second-order valence-corrected chi connectivity index (χ2v) is 1.39. The minimum absolute atomic E-state index is 0. The Labute approximate surface area is 95.8 Å². The molecule has 0 amide bonds. The zero-order chi connectivity index (χ0) is 7.28. The summed E-state index contributed by atoms with van der Waals surface area (Å²) in [5, 5.41) is 18.1. The van der Waals surface area contributed by atoms with Gasteiger partial charge < -0.3 is 10.2 Å². The molecular weight excluding hydrogens is 208 g/mol. The summed E-state index contributed by atoms with van der Waals surface area (Å²) in [6, 6.07) is 0. The molecule has 0 aliphatic carbocycles. The van der Waals surface area contributed by atoms with E-state index in [1.165, 1.54) is 0 Å². The van der Waals surface area contributed by atoms with Crippen LogP contribution in [-0.2, 0) is 26.1 Å². The molecule has 3 N–H and O–H groups in total. The van der Waals surface area contributed by atoms with Crippen LogP contribution < -0.4 is 5.32 Å². The average Bonchev–Trinajstić information content (AvgIpc) is 1.63. The first-order valence-electron chi connectivity index (χ1n) is 2.27. The summed E-state index contributed by atoms with van der Waals surface area (Å²) >= 11 is 0. The molecule has 0 aromatic carbocycles. The first-order chi connectivity index (χ1) is 4.13. The van der Waals surface area contributed by atoms with E-state index in [0.29, 0.717) is 0 Å². The van der Waals surface area contributed by atoms with Crippen molar-refractivity contribution in [3.8, 4) is 0 Å². The third kappa shape index (κ3) is 17.9. The van der Waals surface area contributed by atoms with E-state index < -0.39 is 11.9 Å². The van der Waals surface area contributed by atoms with Crippen LogP contribution in [0.25, 0.3) is 0 Å². The SMILES string of the molecule is O=C(O)CNCC(=O)O.[NaH].[Ni]. The van der Waals surface area contributed by atoms with Crippen molar-refractivity contribution in [1.82, 2.24) is 5.32 Å². The van der Waals surface area contributed by atoms with Crippen LogP contribution in [0, 0.1) is 0 Å². The standard InChI is InChI=1S/C4H7NO4.Na.Ni.H/c6-3(7)1-5-2-4(8)9;;;/h5H,1-2H2,(H,6,7)(H,8,9);;;. The maximum Gasteiger partial charge on any atom is 0 e. The minimum Gasteiger partial charge on any atom is 0 e. The van der Waals surface area contributed by atoms with Gasteiger partial charge in [0.2, 0.25) is 0 Å². The molecule has 0 heterocycles. The summed E-state index contributed by atoms with van der Waals surface area (Å²) in [5.41, 5.74) is 0. The fraction of sp³-hybridized carbons (Fsp3) is 0.500. The number of hydrogen-bond acceptors (Lipinski definition) is 3. The van der Waals surface area contributed by atoms with E-state index in [4.69, 9.17) is 10.2 Å². The van der Waals surface area contributed by atoms with Crippen LogP contribution in [0.15, 0.2) is 0 Å². The van der Waals surface area contributed by atoms with Gasteiger partial charge in [-0.15, -0.1) is 0 Å². The Balaban J connectivity index is -0.000000320. The van der Waals surface area contributed by atoms with Crippen molar-refractivity contribution in [2.75, 3.05) is 13.1 Å². The number of carbonyl (C=O) groups is 2. The van der Waals surface area contributed by atoms with Gasteiger partial charge in [0, 0.05) is 16.5 Å². The van der Waals surface area contributed by atoms with Crippen molar-refractivity contribution in [3.63, 3.8) is 0 Å². The maximum atomic E-state index is 9.73. The normalized spacial score (nSPS) is 7.27. The number of aliphatic carboxylic acids is 2. The van der Waals surface area contributed by atoms with Gasteiger partial charge in [-0.05, 0) is 0 Å². The Morgan fingerprint density at radius 1 is 1.09 bits per heavy atom. The van der Waals surface area contributed by atoms with Crippen LogP contribution in [0.3, 0.4) is 0 Å². The molecule has 5 nitrogen and oxygen atoms in total. The van der Waals surface area contributed by atoms with E-state index in [0.717, 1.165) is 0 Å². The Kier molecular flexibility index (Phi) is 16.5. The first kappa shape index (κ1) is 17.5. The Bertz CT molecular complexity index is 117. The Morgan fingerprint density at radius 2 is 1.36 bits per heavy atom. The third-order valence-electron chi connectivity index (χ3n) is 0.552. The molecule has 64 valence electrons. The van der Waals surface area contributed by atoms with E-state index in [1.807, 2.05) is 0 Å². The van der Waals surface area contributed by atoms with Crippen molar-refractivity contribution < 1.29 is 36.3 Å². The van der Waals surface area contributed by atoms with Gasteiger partial charge in [0.05, 0.1) is 13.1 Å². The van der Waals surface area contributed by atoms with Gasteiger partial charge in [-0.2, -0.15) is 0 Å². The van der Waals surface area contributed by atoms with Crippen molar-refractivity contribution in [2.24, 2.45) is 0 Å². The van der Waals surface area contributed by atoms with Crippen LogP contribution in [0.4, 0.5) is 0 Å². The zero-order valence-corrected chi connectivity index (χ0v) is 5.93. The summed E-state index contributed by atoms with van der Waals surface area (Å²) in [6.07, 6.45) is 0. The molecule has 7 heteroatoms. The van der Waals surface area contributed by atoms with Crippen LogP contribution in [0.1, 0.15) is 0 Å². The number of carboxylic acids is 2. The van der Waals surface area contributed by atoms with Crippen molar-refractivity contribution in [2.45, 2.75) is 0 Å². The van der Waals surface area contributed by atoms with Gasteiger partial charge in [-0.25, -0.2) is 0 Å². The minimum atomic E-state index is -1.06. The van der Waals surface area contributed by atoms with E-state index in [9.17, 15) is 9.59 Å². The van der Waals surface area contributed by atoms with Crippen molar-refractivity contribution in [3.05, 3.63) is 0 Å². The molecule has 0 saturated carbocycles. The molecule has 0 spiro atoms. The summed E-state index contributed by atoms with van der Waals surface area (Å²) in [7, 11) is 0. The molecule has 0 saturated heterocycles. The number of nitrogens with one attached hydrogen (secondary N) is 1. The van der Waals surface area contributed by atoms with Crippen LogP contribution >= 0.6 is 0 Å². The fourth-order valence-corrected chi connectivity index (χ4v) is 0.276. The summed E-state index contributed by atoms with van der Waals surface area (Å²) in [4.78, 5) is 19.5. The maximum absolute atomic E-state index is 9.73. The molecule has 0 bridgehead atoms. The zero-order valence-electron chi connectivity index (χ0n) is 4.94. The second kappa shape index (κ2) is 10.4. The molecule has 0 aromatic heterocycles. The molecule has 0 unspecified atom stereocenters. The quantitative estimate of drug-likeness (QED) is 0.477. The van der Waals surface area contributed by atoms with Gasteiger partial charge in [-0.1, -0.05) is 0 Å². The molecule has 0 radical (unpaired) electrons. The Hall–Kier alpha value is 0.394. The number of hydrogen-bond donors (Lipinski definition) is 3. The smallest absolute Gasteiger partial charge is 0 e. The van der Waals surface area contributed by atoms with Gasteiger partial charge in [-0.3, -0.25) is 14.9 Å². The van der Waals surface area contributed by atoms with Crippen molar-refractivity contribution in [1.29, 1.82) is 0 Å². The first-order valence-corrected chi connectivity index (χ1v) is 2.27. The van der Waals surface area contributed by atoms with E-state index >= 15 is 0 Å². The largest absolute Gasteiger partial charge is 0 e. The van der Waals surface area contributed by atoms with E-state index in [2.05, 4.69) is 5.32 Å². The molecule has 0 atom stereocenters.